The maximum Gasteiger partial charge on any atom is 0.123 e. The maximum atomic E-state index is 4.44. The molecule has 1 heterocycles. The Hall–Kier alpha value is -1.35. The fourth-order valence-electron chi connectivity index (χ4n) is 1.95. The van der Waals surface area contributed by atoms with Crippen LogP contribution >= 0.6 is 11.3 Å². The van der Waals surface area contributed by atoms with Gasteiger partial charge in [-0.15, -0.1) is 11.3 Å². The minimum absolute atomic E-state index is 0.511. The fraction of sp³-hybridized carbons (Fsp3) is 0.400. The Morgan fingerprint density at radius 2 is 1.94 bits per heavy atom. The Morgan fingerprint density at radius 3 is 2.44 bits per heavy atom. The van der Waals surface area contributed by atoms with Crippen molar-refractivity contribution in [1.82, 2.24) is 4.98 Å². The van der Waals surface area contributed by atoms with E-state index in [1.165, 1.54) is 21.7 Å². The molecule has 0 aliphatic rings. The van der Waals surface area contributed by atoms with Crippen LogP contribution in [0.2, 0.25) is 0 Å². The molecule has 0 aliphatic heterocycles. The van der Waals surface area contributed by atoms with E-state index < -0.39 is 0 Å². The van der Waals surface area contributed by atoms with E-state index >= 15 is 0 Å². The van der Waals surface area contributed by atoms with Gasteiger partial charge in [0.15, 0.2) is 0 Å². The van der Waals surface area contributed by atoms with E-state index in [0.717, 1.165) is 5.01 Å². The molecule has 1 aromatic heterocycles. The van der Waals surface area contributed by atoms with Gasteiger partial charge in [-0.3, -0.25) is 0 Å². The van der Waals surface area contributed by atoms with Crippen LogP contribution in [0.15, 0.2) is 24.4 Å². The topological polar surface area (TPSA) is 16.1 Å². The molecule has 0 unspecified atom stereocenters. The molecule has 0 fully saturated rings. The molecule has 18 heavy (non-hydrogen) atoms. The summed E-state index contributed by atoms with van der Waals surface area (Å²) in [6, 6.07) is 7.10. The van der Waals surface area contributed by atoms with E-state index in [4.69, 9.17) is 0 Å². The molecule has 0 saturated heterocycles. The van der Waals surface area contributed by atoms with Gasteiger partial charge in [-0.25, -0.2) is 4.98 Å². The van der Waals surface area contributed by atoms with Crippen molar-refractivity contribution in [2.24, 2.45) is 0 Å². The maximum absolute atomic E-state index is 4.44. The quantitative estimate of drug-likeness (QED) is 0.819. The first-order chi connectivity index (χ1) is 8.49. The number of anilines is 1. The van der Waals surface area contributed by atoms with E-state index in [9.17, 15) is 0 Å². The summed E-state index contributed by atoms with van der Waals surface area (Å²) in [7, 11) is 2.14. The lowest BCUT2D eigenvalue weighted by Crippen LogP contribution is -2.26. The van der Waals surface area contributed by atoms with Gasteiger partial charge in [0, 0.05) is 35.4 Å². The van der Waals surface area contributed by atoms with Gasteiger partial charge in [0.05, 0.1) is 0 Å². The summed E-state index contributed by atoms with van der Waals surface area (Å²) in [5.74, 6) is 0. The third-order valence-electron chi connectivity index (χ3n) is 3.22. The first-order valence-electron chi connectivity index (χ1n) is 6.25. The molecule has 0 aliphatic carbocycles. The van der Waals surface area contributed by atoms with Crippen LogP contribution in [0.5, 0.6) is 0 Å². The lowest BCUT2D eigenvalue weighted by molar-refractivity contribution is 0.752. The van der Waals surface area contributed by atoms with E-state index in [0.29, 0.717) is 6.04 Å². The van der Waals surface area contributed by atoms with Gasteiger partial charge < -0.3 is 4.90 Å². The standard InChI is InChI=1S/C15H20N2S/c1-10(2)17(5)14-7-6-13(8-11(14)3)15-16-9-12(4)18-15/h6-10H,1-5H3. The molecule has 0 amide bonds. The van der Waals surface area contributed by atoms with Crippen LogP contribution in [0.3, 0.4) is 0 Å². The molecule has 1 aromatic carbocycles. The fourth-order valence-corrected chi connectivity index (χ4v) is 2.71. The van der Waals surface area contributed by atoms with Gasteiger partial charge in [0.25, 0.3) is 0 Å². The summed E-state index contributed by atoms with van der Waals surface area (Å²) in [4.78, 5) is 8.00. The monoisotopic (exact) mass is 260 g/mol. The predicted octanol–water partition coefficient (Wildman–Crippen LogP) is 4.27. The van der Waals surface area contributed by atoms with E-state index in [2.05, 4.69) is 62.8 Å². The van der Waals surface area contributed by atoms with Crippen molar-refractivity contribution in [1.29, 1.82) is 0 Å². The summed E-state index contributed by atoms with van der Waals surface area (Å²) in [5, 5.41) is 1.11. The third kappa shape index (κ3) is 2.56. The van der Waals surface area contributed by atoms with Crippen molar-refractivity contribution in [3.63, 3.8) is 0 Å². The highest BCUT2D eigenvalue weighted by Crippen LogP contribution is 2.29. The minimum Gasteiger partial charge on any atom is -0.372 e. The molecule has 0 spiro atoms. The minimum atomic E-state index is 0.511. The molecule has 2 aromatic rings. The lowest BCUT2D eigenvalue weighted by Gasteiger charge is -2.25. The van der Waals surface area contributed by atoms with Crippen LogP contribution in [0, 0.1) is 13.8 Å². The third-order valence-corrected chi connectivity index (χ3v) is 4.18. The Balaban J connectivity index is 2.36. The Morgan fingerprint density at radius 1 is 1.22 bits per heavy atom. The van der Waals surface area contributed by atoms with Gasteiger partial charge in [-0.1, -0.05) is 0 Å². The van der Waals surface area contributed by atoms with Crippen molar-refractivity contribution in [3.05, 3.63) is 34.8 Å². The summed E-state index contributed by atoms with van der Waals surface area (Å²) in [6.07, 6.45) is 1.93. The average Bonchev–Trinajstić information content (AvgIpc) is 2.74. The summed E-state index contributed by atoms with van der Waals surface area (Å²) < 4.78 is 0. The highest BCUT2D eigenvalue weighted by molar-refractivity contribution is 7.14. The van der Waals surface area contributed by atoms with Crippen molar-refractivity contribution in [2.75, 3.05) is 11.9 Å². The second kappa shape index (κ2) is 5.11. The van der Waals surface area contributed by atoms with Crippen molar-refractivity contribution in [2.45, 2.75) is 33.7 Å². The first kappa shape index (κ1) is 13.1. The van der Waals surface area contributed by atoms with Crippen LogP contribution in [0.1, 0.15) is 24.3 Å². The second-order valence-electron chi connectivity index (χ2n) is 4.98. The molecule has 0 bridgehead atoms. The Labute approximate surface area is 113 Å². The Bertz CT molecular complexity index is 543. The normalized spacial score (nSPS) is 11.0. The number of hydrogen-bond donors (Lipinski definition) is 0. The average molecular weight is 260 g/mol. The van der Waals surface area contributed by atoms with E-state index in [1.807, 2.05) is 6.20 Å². The zero-order chi connectivity index (χ0) is 13.3. The molecule has 3 heteroatoms. The number of aryl methyl sites for hydroxylation is 2. The van der Waals surface area contributed by atoms with Crippen molar-refractivity contribution < 1.29 is 0 Å². The van der Waals surface area contributed by atoms with E-state index in [1.54, 1.807) is 11.3 Å². The van der Waals surface area contributed by atoms with Gasteiger partial charge in [0.1, 0.15) is 5.01 Å². The number of rotatable bonds is 3. The Kier molecular flexibility index (Phi) is 3.71. The highest BCUT2D eigenvalue weighted by Gasteiger charge is 2.10. The largest absolute Gasteiger partial charge is 0.372 e. The molecule has 2 rings (SSSR count). The molecule has 2 nitrogen and oxygen atoms in total. The molecule has 0 atom stereocenters. The number of benzene rings is 1. The zero-order valence-corrected chi connectivity index (χ0v) is 12.5. The lowest BCUT2D eigenvalue weighted by atomic mass is 10.1. The van der Waals surface area contributed by atoms with Crippen LogP contribution in [-0.2, 0) is 0 Å². The molecular formula is C15H20N2S. The van der Waals surface area contributed by atoms with Gasteiger partial charge in [0.2, 0.25) is 0 Å². The summed E-state index contributed by atoms with van der Waals surface area (Å²) >= 11 is 1.75. The van der Waals surface area contributed by atoms with Gasteiger partial charge in [-0.05, 0) is 51.5 Å². The van der Waals surface area contributed by atoms with Crippen LogP contribution in [0.4, 0.5) is 5.69 Å². The van der Waals surface area contributed by atoms with Crippen LogP contribution in [0.25, 0.3) is 10.6 Å². The van der Waals surface area contributed by atoms with Gasteiger partial charge in [-0.2, -0.15) is 0 Å². The SMILES string of the molecule is Cc1cnc(-c2ccc(N(C)C(C)C)c(C)c2)s1. The molecule has 0 saturated carbocycles. The molecular weight excluding hydrogens is 240 g/mol. The number of aromatic nitrogens is 1. The van der Waals surface area contributed by atoms with Crippen molar-refractivity contribution >= 4 is 17.0 Å². The molecule has 96 valence electrons. The summed E-state index contributed by atoms with van der Waals surface area (Å²) in [5.41, 5.74) is 3.81. The number of hydrogen-bond acceptors (Lipinski definition) is 3. The second-order valence-corrected chi connectivity index (χ2v) is 6.22. The number of thiazole rings is 1. The van der Waals surface area contributed by atoms with Crippen LogP contribution < -0.4 is 4.90 Å². The summed E-state index contributed by atoms with van der Waals surface area (Å²) in [6.45, 7) is 8.67. The zero-order valence-electron chi connectivity index (χ0n) is 11.7. The van der Waals surface area contributed by atoms with E-state index in [-0.39, 0.29) is 0 Å². The van der Waals surface area contributed by atoms with Gasteiger partial charge >= 0.3 is 0 Å². The molecule has 0 radical (unpaired) electrons. The first-order valence-corrected chi connectivity index (χ1v) is 7.07. The van der Waals surface area contributed by atoms with Crippen molar-refractivity contribution in [3.8, 4) is 10.6 Å². The predicted molar refractivity (Wildman–Crippen MR) is 80.6 cm³/mol. The highest BCUT2D eigenvalue weighted by atomic mass is 32.1. The smallest absolute Gasteiger partial charge is 0.123 e. The van der Waals surface area contributed by atoms with Crippen LogP contribution in [-0.4, -0.2) is 18.1 Å². The number of nitrogens with zero attached hydrogens (tertiary/aromatic N) is 2. The molecule has 0 N–H and O–H groups in total.